The lowest BCUT2D eigenvalue weighted by atomic mass is 10.2. The topological polar surface area (TPSA) is 0 Å². The number of hydrogen-bond donors (Lipinski definition) is 1. The van der Waals surface area contributed by atoms with Gasteiger partial charge < -0.3 is 0 Å². The zero-order valence-electron chi connectivity index (χ0n) is 7.17. The fraction of sp³-hybridized carbons (Fsp3) is 0.200. The van der Waals surface area contributed by atoms with Crippen LogP contribution < -0.4 is 0 Å². The molecule has 0 amide bonds. The lowest BCUT2D eigenvalue weighted by Gasteiger charge is -1.96. The van der Waals surface area contributed by atoms with Crippen LogP contribution in [-0.2, 0) is 6.42 Å². The van der Waals surface area contributed by atoms with E-state index < -0.39 is 0 Å². The first-order chi connectivity index (χ1) is 6.22. The third-order valence-corrected chi connectivity index (χ3v) is 4.33. The van der Waals surface area contributed by atoms with E-state index >= 15 is 0 Å². The zero-order chi connectivity index (χ0) is 9.42. The maximum atomic E-state index is 6.13. The van der Waals surface area contributed by atoms with Crippen molar-refractivity contribution in [2.75, 3.05) is 0 Å². The molecule has 0 unspecified atom stereocenters. The molecular weight excluding hydrogens is 220 g/mol. The van der Waals surface area contributed by atoms with Gasteiger partial charge in [-0.2, -0.15) is 0 Å². The minimum Gasteiger partial charge on any atom is -0.142 e. The summed E-state index contributed by atoms with van der Waals surface area (Å²) in [5.74, 6) is 0. The smallest absolute Gasteiger partial charge is 0.0717 e. The second-order valence-electron chi connectivity index (χ2n) is 2.88. The van der Waals surface area contributed by atoms with E-state index in [2.05, 4.69) is 31.7 Å². The highest BCUT2D eigenvalue weighted by Crippen LogP contribution is 2.35. The summed E-state index contributed by atoms with van der Waals surface area (Å²) >= 11 is 12.2. The molecule has 0 N–H and O–H groups in total. The zero-order valence-corrected chi connectivity index (χ0v) is 9.64. The van der Waals surface area contributed by atoms with Crippen molar-refractivity contribution in [1.82, 2.24) is 0 Å². The Morgan fingerprint density at radius 1 is 1.46 bits per heavy atom. The van der Waals surface area contributed by atoms with E-state index in [0.717, 1.165) is 21.0 Å². The number of hydrogen-bond acceptors (Lipinski definition) is 2. The van der Waals surface area contributed by atoms with Crippen LogP contribution in [-0.4, -0.2) is 0 Å². The lowest BCUT2D eigenvalue weighted by Crippen LogP contribution is -1.68. The molecule has 1 aromatic carbocycles. The fourth-order valence-corrected chi connectivity index (χ4v) is 2.87. The highest BCUT2D eigenvalue weighted by atomic mass is 35.5. The summed E-state index contributed by atoms with van der Waals surface area (Å²) in [6.45, 7) is 2.15. The van der Waals surface area contributed by atoms with E-state index in [1.54, 1.807) is 11.3 Å². The average Bonchev–Trinajstić information content (AvgIpc) is 2.55. The van der Waals surface area contributed by atoms with Crippen molar-refractivity contribution < 1.29 is 0 Å². The van der Waals surface area contributed by atoms with Gasteiger partial charge in [0.1, 0.15) is 0 Å². The van der Waals surface area contributed by atoms with Gasteiger partial charge in [0.05, 0.1) is 9.72 Å². The van der Waals surface area contributed by atoms with Gasteiger partial charge in [-0.3, -0.25) is 0 Å². The predicted molar refractivity (Wildman–Crippen MR) is 63.5 cm³/mol. The molecule has 0 atom stereocenters. The minimum atomic E-state index is 0.783. The second kappa shape index (κ2) is 3.52. The predicted octanol–water partition coefficient (Wildman–Crippen LogP) is 4.41. The van der Waals surface area contributed by atoms with Crippen LogP contribution in [0, 0.1) is 0 Å². The molecule has 0 spiro atoms. The van der Waals surface area contributed by atoms with Crippen molar-refractivity contribution in [2.45, 2.75) is 18.2 Å². The minimum absolute atomic E-state index is 0.783. The summed E-state index contributed by atoms with van der Waals surface area (Å²) in [5.41, 5.74) is 0. The maximum Gasteiger partial charge on any atom is 0.0717 e. The quantitative estimate of drug-likeness (QED) is 0.687. The van der Waals surface area contributed by atoms with Gasteiger partial charge in [0.15, 0.2) is 0 Å². The van der Waals surface area contributed by atoms with Gasteiger partial charge in [-0.1, -0.05) is 24.6 Å². The van der Waals surface area contributed by atoms with Gasteiger partial charge in [-0.25, -0.2) is 0 Å². The Balaban J connectivity index is 2.76. The first kappa shape index (κ1) is 9.38. The number of fused-ring (bicyclic) bond motifs is 1. The molecule has 0 aliphatic rings. The highest BCUT2D eigenvalue weighted by molar-refractivity contribution is 7.80. The molecule has 0 nitrogen and oxygen atoms in total. The van der Waals surface area contributed by atoms with Gasteiger partial charge in [0.25, 0.3) is 0 Å². The van der Waals surface area contributed by atoms with Crippen molar-refractivity contribution in [3.05, 3.63) is 28.1 Å². The molecule has 68 valence electrons. The Labute approximate surface area is 91.9 Å². The molecule has 1 heterocycles. The number of aryl methyl sites for hydroxylation is 1. The molecule has 3 heteroatoms. The summed E-state index contributed by atoms with van der Waals surface area (Å²) < 4.78 is 1.16. The van der Waals surface area contributed by atoms with Crippen LogP contribution in [0.2, 0.25) is 5.02 Å². The van der Waals surface area contributed by atoms with Gasteiger partial charge in [0.2, 0.25) is 0 Å². The van der Waals surface area contributed by atoms with Gasteiger partial charge in [-0.15, -0.1) is 24.0 Å². The van der Waals surface area contributed by atoms with E-state index in [4.69, 9.17) is 11.6 Å². The van der Waals surface area contributed by atoms with Crippen molar-refractivity contribution in [2.24, 2.45) is 0 Å². The molecule has 0 aliphatic heterocycles. The summed E-state index contributed by atoms with van der Waals surface area (Å²) in [5, 5.41) is 2.01. The Morgan fingerprint density at radius 2 is 2.23 bits per heavy atom. The highest BCUT2D eigenvalue weighted by Gasteiger charge is 2.06. The molecule has 13 heavy (non-hydrogen) atoms. The third-order valence-electron chi connectivity index (χ3n) is 2.01. The van der Waals surface area contributed by atoms with Crippen LogP contribution in [0.4, 0.5) is 0 Å². The number of thiophene rings is 1. The summed E-state index contributed by atoms with van der Waals surface area (Å²) in [6.07, 6.45) is 1.07. The lowest BCUT2D eigenvalue weighted by molar-refractivity contribution is 1.19. The maximum absolute atomic E-state index is 6.13. The van der Waals surface area contributed by atoms with Crippen molar-refractivity contribution in [3.63, 3.8) is 0 Å². The Kier molecular flexibility index (Phi) is 2.54. The normalized spacial score (nSPS) is 11.0. The molecule has 0 saturated heterocycles. The van der Waals surface area contributed by atoms with E-state index in [1.807, 2.05) is 6.07 Å². The van der Waals surface area contributed by atoms with E-state index in [9.17, 15) is 0 Å². The van der Waals surface area contributed by atoms with Crippen LogP contribution >= 0.6 is 35.6 Å². The summed E-state index contributed by atoms with van der Waals surface area (Å²) in [7, 11) is 0. The van der Waals surface area contributed by atoms with Crippen LogP contribution in [0.15, 0.2) is 23.1 Å². The van der Waals surface area contributed by atoms with Crippen molar-refractivity contribution in [1.29, 1.82) is 0 Å². The molecule has 2 aromatic rings. The molecule has 2 rings (SSSR count). The van der Waals surface area contributed by atoms with Crippen molar-refractivity contribution in [3.8, 4) is 0 Å². The van der Waals surface area contributed by atoms with Gasteiger partial charge in [0, 0.05) is 9.77 Å². The van der Waals surface area contributed by atoms with Gasteiger partial charge in [-0.05, 0) is 23.9 Å². The third kappa shape index (κ3) is 1.58. The number of halogens is 1. The molecule has 0 fully saturated rings. The standard InChI is InChI=1S/C10H9ClS2/c1-2-7-5-6-3-4-8(12)9(11)10(6)13-7/h3-5,12H,2H2,1H3. The average molecular weight is 229 g/mol. The fourth-order valence-electron chi connectivity index (χ4n) is 1.29. The largest absolute Gasteiger partial charge is 0.142 e. The molecule has 0 radical (unpaired) electrons. The Morgan fingerprint density at radius 3 is 2.92 bits per heavy atom. The first-order valence-corrected chi connectivity index (χ1v) is 5.76. The van der Waals surface area contributed by atoms with Crippen molar-refractivity contribution >= 4 is 45.7 Å². The SMILES string of the molecule is CCc1cc2ccc(S)c(Cl)c2s1. The van der Waals surface area contributed by atoms with Crippen LogP contribution in [0.5, 0.6) is 0 Å². The van der Waals surface area contributed by atoms with Crippen LogP contribution in [0.3, 0.4) is 0 Å². The first-order valence-electron chi connectivity index (χ1n) is 4.12. The monoisotopic (exact) mass is 228 g/mol. The van der Waals surface area contributed by atoms with Gasteiger partial charge >= 0.3 is 0 Å². The molecule has 0 aliphatic carbocycles. The Bertz CT molecular complexity index is 445. The number of thiol groups is 1. The molecule has 1 aromatic heterocycles. The Hall–Kier alpha value is -0.180. The summed E-state index contributed by atoms with van der Waals surface area (Å²) in [6, 6.07) is 6.21. The number of rotatable bonds is 1. The molecule has 0 bridgehead atoms. The second-order valence-corrected chi connectivity index (χ2v) is 4.88. The summed E-state index contributed by atoms with van der Waals surface area (Å²) in [4.78, 5) is 2.23. The van der Waals surface area contributed by atoms with E-state index in [-0.39, 0.29) is 0 Å². The number of benzene rings is 1. The molecular formula is C10H9ClS2. The molecule has 0 saturated carbocycles. The van der Waals surface area contributed by atoms with E-state index in [0.29, 0.717) is 0 Å². The van der Waals surface area contributed by atoms with Crippen LogP contribution in [0.25, 0.3) is 10.1 Å². The van der Waals surface area contributed by atoms with E-state index in [1.165, 1.54) is 10.3 Å². The van der Waals surface area contributed by atoms with Crippen LogP contribution in [0.1, 0.15) is 11.8 Å².